The second-order valence-corrected chi connectivity index (χ2v) is 16.7. The average Bonchev–Trinajstić information content (AvgIpc) is 3.33. The van der Waals surface area contributed by atoms with Crippen LogP contribution in [0.25, 0.3) is 0 Å². The highest BCUT2D eigenvalue weighted by molar-refractivity contribution is 5.71. The van der Waals surface area contributed by atoms with Crippen LogP contribution in [-0.2, 0) is 28.6 Å². The fraction of sp³-hybridized carbons (Fsp3) is 0.557. The van der Waals surface area contributed by atoms with Gasteiger partial charge in [-0.3, -0.25) is 14.4 Å². The van der Waals surface area contributed by atoms with Gasteiger partial charge in [-0.1, -0.05) is 205 Å². The Morgan fingerprint density at radius 3 is 1.04 bits per heavy atom. The number of esters is 3. The second-order valence-electron chi connectivity index (χ2n) is 16.7. The Labute approximate surface area is 410 Å². The molecule has 0 saturated heterocycles. The Hall–Kier alpha value is -4.71. The Bertz CT molecular complexity index is 1530. The molecule has 0 spiro atoms. The van der Waals surface area contributed by atoms with E-state index >= 15 is 0 Å². The minimum absolute atomic E-state index is 0.136. The summed E-state index contributed by atoms with van der Waals surface area (Å²) < 4.78 is 16.7. The number of allylic oxidation sites excluding steroid dienone is 24. The molecule has 1 atom stereocenters. The molecule has 0 fully saturated rings. The van der Waals surface area contributed by atoms with Gasteiger partial charge in [-0.05, 0) is 122 Å². The van der Waals surface area contributed by atoms with Crippen LogP contribution in [0.1, 0.15) is 201 Å². The van der Waals surface area contributed by atoms with Crippen molar-refractivity contribution in [1.29, 1.82) is 0 Å². The summed E-state index contributed by atoms with van der Waals surface area (Å²) >= 11 is 0. The van der Waals surface area contributed by atoms with E-state index in [1.807, 2.05) is 12.2 Å². The maximum atomic E-state index is 12.8. The first-order valence-corrected chi connectivity index (χ1v) is 26.3. The third-order valence-electron chi connectivity index (χ3n) is 10.3. The van der Waals surface area contributed by atoms with Gasteiger partial charge in [0, 0.05) is 19.3 Å². The summed E-state index contributed by atoms with van der Waals surface area (Å²) in [5, 5.41) is 0. The number of carbonyl (C=O) groups excluding carboxylic acids is 3. The fourth-order valence-corrected chi connectivity index (χ4v) is 6.44. The zero-order chi connectivity index (χ0) is 48.6. The molecule has 0 aromatic carbocycles. The lowest BCUT2D eigenvalue weighted by molar-refractivity contribution is -0.166. The molecule has 0 unspecified atom stereocenters. The summed E-state index contributed by atoms with van der Waals surface area (Å²) in [6, 6.07) is 0. The first-order chi connectivity index (χ1) is 33.0. The summed E-state index contributed by atoms with van der Waals surface area (Å²) in [5.74, 6) is -1.10. The Balaban J connectivity index is 4.64. The molecular weight excluding hydrogens is 829 g/mol. The van der Waals surface area contributed by atoms with E-state index in [-0.39, 0.29) is 38.0 Å². The number of ether oxygens (including phenoxy) is 3. The first kappa shape index (κ1) is 62.3. The van der Waals surface area contributed by atoms with Gasteiger partial charge in [-0.25, -0.2) is 0 Å². The highest BCUT2D eigenvalue weighted by Crippen LogP contribution is 2.11. The fourth-order valence-electron chi connectivity index (χ4n) is 6.44. The van der Waals surface area contributed by atoms with Crippen molar-refractivity contribution < 1.29 is 28.6 Å². The molecule has 0 saturated carbocycles. The summed E-state index contributed by atoms with van der Waals surface area (Å²) in [6.45, 7) is 6.25. The molecule has 0 amide bonds. The minimum atomic E-state index is -0.851. The monoisotopic (exact) mass is 923 g/mol. The molecule has 0 N–H and O–H groups in total. The molecule has 0 heterocycles. The molecule has 0 bridgehead atoms. The van der Waals surface area contributed by atoms with Crippen molar-refractivity contribution in [2.75, 3.05) is 13.2 Å². The van der Waals surface area contributed by atoms with Crippen LogP contribution in [0.3, 0.4) is 0 Å². The van der Waals surface area contributed by atoms with Gasteiger partial charge in [-0.2, -0.15) is 0 Å². The lowest BCUT2D eigenvalue weighted by atomic mass is 10.1. The van der Waals surface area contributed by atoms with Crippen LogP contribution < -0.4 is 0 Å². The molecule has 6 nitrogen and oxygen atoms in total. The van der Waals surface area contributed by atoms with Crippen LogP contribution in [0.2, 0.25) is 0 Å². The van der Waals surface area contributed by atoms with E-state index in [4.69, 9.17) is 14.2 Å². The quantitative estimate of drug-likeness (QED) is 0.0262. The molecule has 0 aliphatic carbocycles. The third-order valence-corrected chi connectivity index (χ3v) is 10.3. The highest BCUT2D eigenvalue weighted by Gasteiger charge is 2.19. The summed E-state index contributed by atoms with van der Waals surface area (Å²) in [5.41, 5.74) is 0. The van der Waals surface area contributed by atoms with Crippen LogP contribution in [0.4, 0.5) is 0 Å². The highest BCUT2D eigenvalue weighted by atomic mass is 16.6. The van der Waals surface area contributed by atoms with E-state index in [2.05, 4.69) is 154 Å². The standard InChI is InChI=1S/C61H94O6/c1-4-7-10-13-16-19-22-25-27-29-30-32-34-37-40-43-46-49-52-55-61(64)67-58(56-65-59(62)53-50-47-44-41-38-35-24-21-18-15-12-9-6-3)57-66-60(63)54-51-48-45-42-39-36-33-31-28-26-23-20-17-14-11-8-5-2/h7-8,10-11,16-17,19-21,24-28,30,32-33,36-37,40,42,45-46,49,58H,4-6,9,12-15,18,22-23,29,31,34-35,38-39,41,43-44,47-48,50-57H2,1-3H3/b10-7-,11-8-,19-16-,20-17-,24-21-,27-25-,28-26-,32-30-,36-33-,40-37-,45-42-,49-46-/t58-/m0/s1. The number of rotatable bonds is 45. The minimum Gasteiger partial charge on any atom is -0.462 e. The van der Waals surface area contributed by atoms with E-state index < -0.39 is 12.1 Å². The van der Waals surface area contributed by atoms with Crippen LogP contribution >= 0.6 is 0 Å². The number of carbonyl (C=O) groups is 3. The largest absolute Gasteiger partial charge is 0.462 e. The van der Waals surface area contributed by atoms with Crippen LogP contribution in [0.5, 0.6) is 0 Å². The van der Waals surface area contributed by atoms with Crippen LogP contribution in [0.15, 0.2) is 146 Å². The van der Waals surface area contributed by atoms with Crippen molar-refractivity contribution >= 4 is 17.9 Å². The third kappa shape index (κ3) is 52.1. The van der Waals surface area contributed by atoms with E-state index in [1.165, 1.54) is 38.5 Å². The van der Waals surface area contributed by atoms with Crippen molar-refractivity contribution in [3.63, 3.8) is 0 Å². The molecule has 6 heteroatoms. The molecule has 67 heavy (non-hydrogen) atoms. The second kappa shape index (κ2) is 53.9. The maximum Gasteiger partial charge on any atom is 0.306 e. The molecule has 0 aromatic heterocycles. The van der Waals surface area contributed by atoms with Gasteiger partial charge < -0.3 is 14.2 Å². The first-order valence-electron chi connectivity index (χ1n) is 26.3. The molecule has 0 radical (unpaired) electrons. The Kier molecular flexibility index (Phi) is 50.1. The van der Waals surface area contributed by atoms with Crippen LogP contribution in [0, 0.1) is 0 Å². The van der Waals surface area contributed by atoms with Crippen molar-refractivity contribution in [3.8, 4) is 0 Å². The maximum absolute atomic E-state index is 12.8. The summed E-state index contributed by atoms with van der Waals surface area (Å²) in [7, 11) is 0. The van der Waals surface area contributed by atoms with Gasteiger partial charge in [0.15, 0.2) is 6.10 Å². The Morgan fingerprint density at radius 1 is 0.313 bits per heavy atom. The van der Waals surface area contributed by atoms with Crippen molar-refractivity contribution in [1.82, 2.24) is 0 Å². The number of hydrogen-bond donors (Lipinski definition) is 0. The van der Waals surface area contributed by atoms with Gasteiger partial charge in [-0.15, -0.1) is 0 Å². The molecule has 0 aliphatic rings. The van der Waals surface area contributed by atoms with E-state index in [0.29, 0.717) is 19.3 Å². The van der Waals surface area contributed by atoms with E-state index in [9.17, 15) is 14.4 Å². The molecule has 0 rings (SSSR count). The predicted octanol–water partition coefficient (Wildman–Crippen LogP) is 17.6. The zero-order valence-corrected chi connectivity index (χ0v) is 42.6. The predicted molar refractivity (Wildman–Crippen MR) is 288 cm³/mol. The molecule has 0 aliphatic heterocycles. The number of unbranched alkanes of at least 4 members (excludes halogenated alkanes) is 10. The Morgan fingerprint density at radius 2 is 0.627 bits per heavy atom. The van der Waals surface area contributed by atoms with Gasteiger partial charge in [0.05, 0.1) is 0 Å². The molecular formula is C61H94O6. The van der Waals surface area contributed by atoms with Crippen LogP contribution in [-0.4, -0.2) is 37.2 Å². The molecule has 0 aromatic rings. The van der Waals surface area contributed by atoms with E-state index in [1.54, 1.807) is 0 Å². The van der Waals surface area contributed by atoms with Gasteiger partial charge in [0.1, 0.15) is 13.2 Å². The zero-order valence-electron chi connectivity index (χ0n) is 42.6. The summed E-state index contributed by atoms with van der Waals surface area (Å²) in [4.78, 5) is 38.0. The SMILES string of the molecule is CC/C=C\C/C=C\C/C=C\C/C=C\C/C=C\C/C=C\CCC(=O)O[C@H](COC(=O)CCC/C=C\C/C=C\C/C=C\C/C=C\C/C=C\CC)COC(=O)CCCCCCC/C=C\CCCCCC. The smallest absolute Gasteiger partial charge is 0.306 e. The van der Waals surface area contributed by atoms with Gasteiger partial charge >= 0.3 is 17.9 Å². The lowest BCUT2D eigenvalue weighted by Gasteiger charge is -2.18. The summed E-state index contributed by atoms with van der Waals surface area (Å²) in [6.07, 6.45) is 77.0. The normalized spacial score (nSPS) is 13.3. The van der Waals surface area contributed by atoms with Crippen molar-refractivity contribution in [3.05, 3.63) is 146 Å². The topological polar surface area (TPSA) is 78.9 Å². The lowest BCUT2D eigenvalue weighted by Crippen LogP contribution is -2.30. The van der Waals surface area contributed by atoms with E-state index in [0.717, 1.165) is 109 Å². The number of hydrogen-bond acceptors (Lipinski definition) is 6. The van der Waals surface area contributed by atoms with Crippen molar-refractivity contribution in [2.24, 2.45) is 0 Å². The van der Waals surface area contributed by atoms with Crippen molar-refractivity contribution in [2.45, 2.75) is 207 Å². The average molecular weight is 923 g/mol. The van der Waals surface area contributed by atoms with Gasteiger partial charge in [0.2, 0.25) is 0 Å². The van der Waals surface area contributed by atoms with Gasteiger partial charge in [0.25, 0.3) is 0 Å². The molecule has 374 valence electrons.